The van der Waals surface area contributed by atoms with Crippen LogP contribution >= 0.6 is 0 Å². The highest BCUT2D eigenvalue weighted by molar-refractivity contribution is 5.97. The summed E-state index contributed by atoms with van der Waals surface area (Å²) in [6, 6.07) is 53.6. The molecule has 0 radical (unpaired) electrons. The predicted octanol–water partition coefficient (Wildman–Crippen LogP) is 8.88. The Morgan fingerprint density at radius 2 is 0.878 bits per heavy atom. The summed E-state index contributed by atoms with van der Waals surface area (Å²) in [6.07, 6.45) is 0. The lowest BCUT2D eigenvalue weighted by Crippen LogP contribution is -2.59. The minimum absolute atomic E-state index is 0.0668. The maximum absolute atomic E-state index is 15.7. The van der Waals surface area contributed by atoms with Crippen molar-refractivity contribution in [3.8, 4) is 11.5 Å². The highest BCUT2D eigenvalue weighted by Crippen LogP contribution is 2.53. The molecule has 0 saturated heterocycles. The second-order valence-corrected chi connectivity index (χ2v) is 11.8. The summed E-state index contributed by atoms with van der Waals surface area (Å²) >= 11 is 0. The minimum Gasteiger partial charge on any atom is -0.488 e. The van der Waals surface area contributed by atoms with Gasteiger partial charge in [-0.3, -0.25) is 4.79 Å². The molecule has 1 heterocycles. The number of Topliss-reactive ketones (excluding diaryl/α,β-unsaturated/α-hetero) is 1. The van der Waals surface area contributed by atoms with Crippen LogP contribution < -0.4 is 9.47 Å². The Hall–Kier alpha value is -5.53. The van der Waals surface area contributed by atoms with Crippen molar-refractivity contribution in [3.63, 3.8) is 0 Å². The van der Waals surface area contributed by atoms with Gasteiger partial charge in [0, 0.05) is 5.56 Å². The van der Waals surface area contributed by atoms with Crippen LogP contribution in [0.4, 0.5) is 0 Å². The molecule has 0 amide bonds. The van der Waals surface area contributed by atoms with Gasteiger partial charge >= 0.3 is 5.79 Å². The Bertz CT molecular complexity index is 1910. The van der Waals surface area contributed by atoms with Crippen LogP contribution in [0.5, 0.6) is 11.5 Å². The smallest absolute Gasteiger partial charge is 0.304 e. The van der Waals surface area contributed by atoms with E-state index in [4.69, 9.17) is 23.7 Å². The molecule has 0 spiro atoms. The highest BCUT2D eigenvalue weighted by atomic mass is 16.7. The SMILES string of the molecule is O=C1C(OCc2ccccc2)(c2ccccc2)Oc2cccc(OCc3ccccc3)c2C1(OCc1ccccc1)OCc1ccccc1. The van der Waals surface area contributed by atoms with Crippen molar-refractivity contribution >= 4 is 5.78 Å². The van der Waals surface area contributed by atoms with Crippen LogP contribution in [0.15, 0.2) is 170 Å². The van der Waals surface area contributed by atoms with E-state index in [1.165, 1.54) is 0 Å². The first kappa shape index (κ1) is 32.0. The molecule has 0 aromatic heterocycles. The third-order valence-corrected chi connectivity index (χ3v) is 8.41. The van der Waals surface area contributed by atoms with E-state index in [-0.39, 0.29) is 26.4 Å². The van der Waals surface area contributed by atoms with Crippen molar-refractivity contribution in [2.75, 3.05) is 0 Å². The zero-order valence-electron chi connectivity index (χ0n) is 26.9. The second kappa shape index (κ2) is 14.7. The van der Waals surface area contributed by atoms with E-state index in [1.807, 2.05) is 164 Å². The molecule has 244 valence electrons. The second-order valence-electron chi connectivity index (χ2n) is 11.8. The molecule has 0 N–H and O–H groups in total. The van der Waals surface area contributed by atoms with E-state index < -0.39 is 17.4 Å². The highest BCUT2D eigenvalue weighted by Gasteiger charge is 2.63. The maximum atomic E-state index is 15.7. The standard InChI is InChI=1S/C43H36O6/c44-41-42(37-25-14-5-15-26-37,46-30-34-19-8-2-9-20-34)49-39-28-16-27-38(45-29-33-17-6-1-7-18-33)40(39)43(41,47-31-35-21-10-3-11-22-35)48-32-36-23-12-4-13-24-36/h1-28H,29-32H2. The van der Waals surface area contributed by atoms with Crippen LogP contribution in [-0.2, 0) is 57.0 Å². The van der Waals surface area contributed by atoms with E-state index in [9.17, 15) is 0 Å². The Labute approximate surface area is 286 Å². The lowest BCUT2D eigenvalue weighted by Gasteiger charge is -2.46. The number of ketones is 1. The number of hydrogen-bond donors (Lipinski definition) is 0. The Morgan fingerprint density at radius 3 is 1.37 bits per heavy atom. The zero-order valence-corrected chi connectivity index (χ0v) is 26.9. The van der Waals surface area contributed by atoms with Gasteiger partial charge in [0.25, 0.3) is 11.6 Å². The molecular formula is C43H36O6. The minimum atomic E-state index is -2.01. The summed E-state index contributed by atoms with van der Waals surface area (Å²) in [5, 5.41) is 0. The van der Waals surface area contributed by atoms with E-state index in [0.717, 1.165) is 22.3 Å². The molecule has 6 nitrogen and oxygen atoms in total. The summed E-state index contributed by atoms with van der Waals surface area (Å²) in [6.45, 7) is 0.483. The average molecular weight is 649 g/mol. The molecule has 1 atom stereocenters. The van der Waals surface area contributed by atoms with Crippen molar-refractivity contribution in [3.05, 3.63) is 203 Å². The zero-order chi connectivity index (χ0) is 33.4. The number of hydrogen-bond acceptors (Lipinski definition) is 6. The fraction of sp³-hybridized carbons (Fsp3) is 0.140. The van der Waals surface area contributed by atoms with Crippen molar-refractivity contribution < 1.29 is 28.5 Å². The third-order valence-electron chi connectivity index (χ3n) is 8.41. The summed E-state index contributed by atoms with van der Waals surface area (Å²) < 4.78 is 33.6. The Morgan fingerprint density at radius 1 is 0.449 bits per heavy atom. The van der Waals surface area contributed by atoms with E-state index in [2.05, 4.69) is 0 Å². The lowest BCUT2D eigenvalue weighted by molar-refractivity contribution is -0.292. The number of carbonyl (C=O) groups excluding carboxylic acids is 1. The van der Waals surface area contributed by atoms with Crippen LogP contribution in [0.25, 0.3) is 0 Å². The van der Waals surface area contributed by atoms with Crippen LogP contribution in [0.2, 0.25) is 0 Å². The molecule has 49 heavy (non-hydrogen) atoms. The molecule has 0 bridgehead atoms. The number of fused-ring (bicyclic) bond motifs is 1. The van der Waals surface area contributed by atoms with E-state index >= 15 is 4.79 Å². The summed E-state index contributed by atoms with van der Waals surface area (Å²) in [5.74, 6) is -3.75. The van der Waals surface area contributed by atoms with Crippen molar-refractivity contribution in [1.29, 1.82) is 0 Å². The summed E-state index contributed by atoms with van der Waals surface area (Å²) in [5.41, 5.74) is 4.43. The quantitative estimate of drug-likeness (QED) is 0.117. The van der Waals surface area contributed by atoms with Crippen LogP contribution in [0, 0.1) is 0 Å². The van der Waals surface area contributed by atoms with Crippen LogP contribution in [0.3, 0.4) is 0 Å². The normalized spacial score (nSPS) is 16.4. The lowest BCUT2D eigenvalue weighted by atomic mass is 9.86. The number of carbonyl (C=O) groups is 1. The Balaban J connectivity index is 1.40. The molecule has 6 aromatic rings. The molecule has 6 aromatic carbocycles. The van der Waals surface area contributed by atoms with Gasteiger partial charge in [-0.15, -0.1) is 0 Å². The molecule has 0 fully saturated rings. The van der Waals surface area contributed by atoms with Gasteiger partial charge < -0.3 is 23.7 Å². The molecule has 0 aliphatic carbocycles. The van der Waals surface area contributed by atoms with Gasteiger partial charge in [-0.05, 0) is 34.4 Å². The van der Waals surface area contributed by atoms with Gasteiger partial charge in [-0.1, -0.05) is 158 Å². The maximum Gasteiger partial charge on any atom is 0.304 e. The number of benzene rings is 6. The fourth-order valence-corrected chi connectivity index (χ4v) is 5.93. The fourth-order valence-electron chi connectivity index (χ4n) is 5.93. The van der Waals surface area contributed by atoms with Gasteiger partial charge in [0.1, 0.15) is 23.7 Å². The number of ether oxygens (including phenoxy) is 5. The Kier molecular flexibility index (Phi) is 9.62. The monoisotopic (exact) mass is 648 g/mol. The molecule has 1 aliphatic heterocycles. The molecule has 1 aliphatic rings. The van der Waals surface area contributed by atoms with Gasteiger partial charge in [-0.25, -0.2) is 0 Å². The largest absolute Gasteiger partial charge is 0.488 e. The average Bonchev–Trinajstić information content (AvgIpc) is 3.18. The topological polar surface area (TPSA) is 63.2 Å². The third kappa shape index (κ3) is 6.89. The predicted molar refractivity (Wildman–Crippen MR) is 186 cm³/mol. The van der Waals surface area contributed by atoms with E-state index in [1.54, 1.807) is 6.07 Å². The summed E-state index contributed by atoms with van der Waals surface area (Å²) in [7, 11) is 0. The first-order valence-corrected chi connectivity index (χ1v) is 16.3. The molecule has 7 rings (SSSR count). The van der Waals surface area contributed by atoms with E-state index in [0.29, 0.717) is 22.6 Å². The number of rotatable bonds is 13. The van der Waals surface area contributed by atoms with Gasteiger partial charge in [0.05, 0.1) is 19.8 Å². The first-order chi connectivity index (χ1) is 24.2. The van der Waals surface area contributed by atoms with Gasteiger partial charge in [0.2, 0.25) is 0 Å². The molecule has 6 heteroatoms. The van der Waals surface area contributed by atoms with Crippen molar-refractivity contribution in [2.24, 2.45) is 0 Å². The van der Waals surface area contributed by atoms with Crippen molar-refractivity contribution in [1.82, 2.24) is 0 Å². The molecular weight excluding hydrogens is 612 g/mol. The molecule has 1 unspecified atom stereocenters. The van der Waals surface area contributed by atoms with Gasteiger partial charge in [-0.2, -0.15) is 0 Å². The van der Waals surface area contributed by atoms with Gasteiger partial charge in [0.15, 0.2) is 0 Å². The van der Waals surface area contributed by atoms with Crippen molar-refractivity contribution in [2.45, 2.75) is 38.0 Å². The summed E-state index contributed by atoms with van der Waals surface area (Å²) in [4.78, 5) is 15.7. The molecule has 0 saturated carbocycles. The van der Waals surface area contributed by atoms with Crippen LogP contribution in [-0.4, -0.2) is 5.78 Å². The van der Waals surface area contributed by atoms with Crippen LogP contribution in [0.1, 0.15) is 33.4 Å². The first-order valence-electron chi connectivity index (χ1n) is 16.3.